The standard InChI is InChI=1S/C31H34N8O4S/c40-31(28-17-22(8-9-32-28)19-37-10-1-3-25(20-37)39-11-2-16-44(39,41)42)35-24-6-4-23(5-7-24)27-18-26-29(36-27)33-21-34-30(26)38-12-14-43-15-13-38/h2,4-9,16-18,21,25H,1,3,10-15,19-20H2,(H,35,40)(H,33,34,36)/t25-/m1/s1. The molecule has 0 saturated carbocycles. The first-order valence-corrected chi connectivity index (χ1v) is 16.4. The Morgan fingerprint density at radius 1 is 1.05 bits per heavy atom. The number of carbonyl (C=O) groups is 1. The summed E-state index contributed by atoms with van der Waals surface area (Å²) < 4.78 is 31.8. The number of nitrogens with one attached hydrogen (secondary N) is 2. The predicted molar refractivity (Wildman–Crippen MR) is 168 cm³/mol. The molecule has 44 heavy (non-hydrogen) atoms. The van der Waals surface area contributed by atoms with Gasteiger partial charge in [-0.2, -0.15) is 4.31 Å². The third-order valence-corrected chi connectivity index (χ3v) is 10.0. The Morgan fingerprint density at radius 3 is 2.68 bits per heavy atom. The van der Waals surface area contributed by atoms with E-state index in [-0.39, 0.29) is 11.9 Å². The largest absolute Gasteiger partial charge is 0.378 e. The molecule has 3 aromatic heterocycles. The van der Waals surface area contributed by atoms with Crippen molar-refractivity contribution in [1.82, 2.24) is 29.1 Å². The molecule has 228 valence electrons. The van der Waals surface area contributed by atoms with E-state index in [2.05, 4.69) is 41.1 Å². The predicted octanol–water partition coefficient (Wildman–Crippen LogP) is 3.23. The van der Waals surface area contributed by atoms with Gasteiger partial charge >= 0.3 is 0 Å². The van der Waals surface area contributed by atoms with E-state index in [4.69, 9.17) is 4.74 Å². The number of ether oxygens (including phenoxy) is 1. The van der Waals surface area contributed by atoms with Gasteiger partial charge < -0.3 is 19.9 Å². The van der Waals surface area contributed by atoms with Crippen molar-refractivity contribution in [2.24, 2.45) is 0 Å². The van der Waals surface area contributed by atoms with Gasteiger partial charge in [0, 0.05) is 61.8 Å². The first-order valence-electron chi connectivity index (χ1n) is 14.9. The number of hydrogen-bond donors (Lipinski definition) is 2. The maximum Gasteiger partial charge on any atom is 0.274 e. The fourth-order valence-corrected chi connectivity index (χ4v) is 7.58. The van der Waals surface area contributed by atoms with Gasteiger partial charge in [-0.1, -0.05) is 18.2 Å². The van der Waals surface area contributed by atoms with Gasteiger partial charge in [0.2, 0.25) is 10.0 Å². The lowest BCUT2D eigenvalue weighted by molar-refractivity contribution is 0.102. The first-order chi connectivity index (χ1) is 21.4. The monoisotopic (exact) mass is 614 g/mol. The first kappa shape index (κ1) is 28.6. The number of rotatable bonds is 7. The van der Waals surface area contributed by atoms with Gasteiger partial charge in [0.05, 0.1) is 18.6 Å². The van der Waals surface area contributed by atoms with Crippen LogP contribution >= 0.6 is 0 Å². The molecule has 0 bridgehead atoms. The summed E-state index contributed by atoms with van der Waals surface area (Å²) in [7, 11) is -3.31. The van der Waals surface area contributed by atoms with Crippen molar-refractivity contribution in [2.45, 2.75) is 25.4 Å². The summed E-state index contributed by atoms with van der Waals surface area (Å²) in [5, 5.41) is 5.22. The molecule has 0 unspecified atom stereocenters. The maximum absolute atomic E-state index is 13.1. The second-order valence-electron chi connectivity index (χ2n) is 11.3. The fourth-order valence-electron chi connectivity index (χ4n) is 6.21. The minimum absolute atomic E-state index is 0.0413. The van der Waals surface area contributed by atoms with E-state index in [1.54, 1.807) is 29.0 Å². The summed E-state index contributed by atoms with van der Waals surface area (Å²) in [6.45, 7) is 5.55. The molecule has 6 heterocycles. The number of anilines is 2. The number of sulfonamides is 1. The Kier molecular flexibility index (Phi) is 7.85. The van der Waals surface area contributed by atoms with Crippen molar-refractivity contribution in [2.75, 3.05) is 56.2 Å². The van der Waals surface area contributed by atoms with E-state index in [0.717, 1.165) is 66.1 Å². The highest BCUT2D eigenvalue weighted by molar-refractivity contribution is 7.92. The smallest absolute Gasteiger partial charge is 0.274 e. The molecule has 0 aliphatic carbocycles. The summed E-state index contributed by atoms with van der Waals surface area (Å²) >= 11 is 0. The number of carbonyl (C=O) groups excluding carboxylic acids is 1. The second kappa shape index (κ2) is 12.1. The Morgan fingerprint density at radius 2 is 1.89 bits per heavy atom. The van der Waals surface area contributed by atoms with Crippen LogP contribution in [-0.4, -0.2) is 95.4 Å². The number of benzene rings is 1. The van der Waals surface area contributed by atoms with Crippen molar-refractivity contribution < 1.29 is 17.9 Å². The van der Waals surface area contributed by atoms with Crippen LogP contribution in [0.15, 0.2) is 66.5 Å². The topological polar surface area (TPSA) is 137 Å². The van der Waals surface area contributed by atoms with Crippen molar-refractivity contribution in [1.29, 1.82) is 0 Å². The average molecular weight is 615 g/mol. The molecule has 4 aromatic rings. The zero-order valence-electron chi connectivity index (χ0n) is 24.2. The molecule has 2 fully saturated rings. The zero-order valence-corrected chi connectivity index (χ0v) is 25.0. The van der Waals surface area contributed by atoms with Crippen LogP contribution in [0, 0.1) is 0 Å². The lowest BCUT2D eigenvalue weighted by Gasteiger charge is -2.36. The number of hydrogen-bond acceptors (Lipinski definition) is 9. The lowest BCUT2D eigenvalue weighted by Crippen LogP contribution is -2.48. The molecule has 1 aromatic carbocycles. The number of pyridine rings is 1. The van der Waals surface area contributed by atoms with Crippen LogP contribution in [-0.2, 0) is 21.3 Å². The Balaban J connectivity index is 0.999. The molecular weight excluding hydrogens is 580 g/mol. The van der Waals surface area contributed by atoms with Crippen LogP contribution in [0.2, 0.25) is 0 Å². The van der Waals surface area contributed by atoms with Gasteiger partial charge in [-0.3, -0.25) is 14.7 Å². The molecule has 3 aliphatic heterocycles. The minimum Gasteiger partial charge on any atom is -0.378 e. The quantitative estimate of drug-likeness (QED) is 0.322. The molecule has 1 atom stereocenters. The van der Waals surface area contributed by atoms with E-state index < -0.39 is 10.0 Å². The van der Waals surface area contributed by atoms with Crippen molar-refractivity contribution >= 4 is 38.5 Å². The summed E-state index contributed by atoms with van der Waals surface area (Å²) in [6, 6.07) is 13.4. The zero-order chi connectivity index (χ0) is 30.1. The van der Waals surface area contributed by atoms with E-state index in [0.29, 0.717) is 44.2 Å². The van der Waals surface area contributed by atoms with Crippen molar-refractivity contribution in [3.63, 3.8) is 0 Å². The molecule has 12 nitrogen and oxygen atoms in total. The van der Waals surface area contributed by atoms with Crippen LogP contribution in [0.1, 0.15) is 28.9 Å². The maximum atomic E-state index is 13.1. The molecular formula is C31H34N8O4S. The number of amides is 1. The third kappa shape index (κ3) is 5.95. The van der Waals surface area contributed by atoms with Crippen LogP contribution in [0.4, 0.5) is 11.5 Å². The normalized spacial score (nSPS) is 20.7. The summed E-state index contributed by atoms with van der Waals surface area (Å²) in [6.07, 6.45) is 6.70. The molecule has 13 heteroatoms. The van der Waals surface area contributed by atoms with E-state index in [1.807, 2.05) is 30.3 Å². The van der Waals surface area contributed by atoms with Gasteiger partial charge in [0.15, 0.2) is 0 Å². The number of aromatic amines is 1. The number of piperidine rings is 1. The Hall–Kier alpha value is -4.17. The SMILES string of the molecule is O=C(Nc1ccc(-c2cc3c(N4CCOCC4)ncnc3[nH]2)cc1)c1cc(CN2CCC[C@@H](N3CC=CS3(=O)=O)C2)ccn1. The lowest BCUT2D eigenvalue weighted by atomic mass is 10.0. The van der Waals surface area contributed by atoms with Crippen molar-refractivity contribution in [3.8, 4) is 11.3 Å². The molecule has 1 amide bonds. The highest BCUT2D eigenvalue weighted by Crippen LogP contribution is 2.30. The van der Waals surface area contributed by atoms with E-state index in [9.17, 15) is 13.2 Å². The van der Waals surface area contributed by atoms with Crippen LogP contribution in [0.25, 0.3) is 22.3 Å². The number of nitrogens with zero attached hydrogens (tertiary/aromatic N) is 6. The summed E-state index contributed by atoms with van der Waals surface area (Å²) in [4.78, 5) is 34.2. The molecule has 0 spiro atoms. The second-order valence-corrected chi connectivity index (χ2v) is 13.1. The van der Waals surface area contributed by atoms with Crippen LogP contribution in [0.5, 0.6) is 0 Å². The van der Waals surface area contributed by atoms with Crippen LogP contribution in [0.3, 0.4) is 0 Å². The minimum atomic E-state index is -3.31. The third-order valence-electron chi connectivity index (χ3n) is 8.40. The van der Waals surface area contributed by atoms with Gasteiger partial charge in [0.25, 0.3) is 5.91 Å². The van der Waals surface area contributed by atoms with E-state index >= 15 is 0 Å². The number of likely N-dealkylation sites (tertiary alicyclic amines) is 1. The number of morpholine rings is 1. The number of fused-ring (bicyclic) bond motifs is 1. The number of H-pyrrole nitrogens is 1. The van der Waals surface area contributed by atoms with Gasteiger partial charge in [-0.05, 0) is 60.8 Å². The molecule has 2 saturated heterocycles. The summed E-state index contributed by atoms with van der Waals surface area (Å²) in [5.41, 5.74) is 4.61. The fraction of sp³-hybridized carbons (Fsp3) is 0.355. The molecule has 7 rings (SSSR count). The molecule has 3 aliphatic rings. The Bertz CT molecular complexity index is 1800. The van der Waals surface area contributed by atoms with Gasteiger partial charge in [-0.25, -0.2) is 18.4 Å². The Labute approximate surface area is 255 Å². The molecule has 0 radical (unpaired) electrons. The molecule has 2 N–H and O–H groups in total. The van der Waals surface area contributed by atoms with E-state index in [1.165, 1.54) is 5.41 Å². The highest BCUT2D eigenvalue weighted by atomic mass is 32.2. The van der Waals surface area contributed by atoms with Crippen LogP contribution < -0.4 is 10.2 Å². The van der Waals surface area contributed by atoms with Crippen molar-refractivity contribution in [3.05, 3.63) is 77.7 Å². The van der Waals surface area contributed by atoms with Gasteiger partial charge in [0.1, 0.15) is 23.5 Å². The van der Waals surface area contributed by atoms with Gasteiger partial charge in [-0.15, -0.1) is 0 Å². The average Bonchev–Trinajstić information content (AvgIpc) is 3.65. The summed E-state index contributed by atoms with van der Waals surface area (Å²) in [5.74, 6) is 0.609. The number of aromatic nitrogens is 4. The highest BCUT2D eigenvalue weighted by Gasteiger charge is 2.33.